The summed E-state index contributed by atoms with van der Waals surface area (Å²) in [6, 6.07) is 11.7. The molecule has 106 valence electrons. The van der Waals surface area contributed by atoms with Gasteiger partial charge in [-0.15, -0.1) is 6.58 Å². The minimum absolute atomic E-state index is 0.252. The van der Waals surface area contributed by atoms with Gasteiger partial charge in [0.05, 0.1) is 0 Å². The van der Waals surface area contributed by atoms with E-state index in [2.05, 4.69) is 16.9 Å². The molecule has 0 aliphatic rings. The first kappa shape index (κ1) is 14.4. The zero-order valence-corrected chi connectivity index (χ0v) is 11.4. The highest BCUT2D eigenvalue weighted by molar-refractivity contribution is 5.67. The molecule has 0 saturated heterocycles. The summed E-state index contributed by atoms with van der Waals surface area (Å²) < 4.78 is 5.72. The standard InChI is InChI=1S/C16H20N2O2/c1-2-9-17-11-13(19)12-20-16-8-4-3-6-14(16)15-7-5-10-18-15/h2-8,10,13,17-19H,1,9,11-12H2. The summed E-state index contributed by atoms with van der Waals surface area (Å²) in [4.78, 5) is 3.16. The smallest absolute Gasteiger partial charge is 0.128 e. The summed E-state index contributed by atoms with van der Waals surface area (Å²) >= 11 is 0. The Balaban J connectivity index is 1.94. The highest BCUT2D eigenvalue weighted by Crippen LogP contribution is 2.28. The number of rotatable bonds is 8. The minimum atomic E-state index is -0.549. The van der Waals surface area contributed by atoms with E-state index in [4.69, 9.17) is 4.74 Å². The number of aromatic amines is 1. The molecule has 1 heterocycles. The van der Waals surface area contributed by atoms with Crippen LogP contribution in [-0.4, -0.2) is 35.9 Å². The third kappa shape index (κ3) is 3.98. The molecule has 20 heavy (non-hydrogen) atoms. The van der Waals surface area contributed by atoms with Crippen LogP contribution in [0.4, 0.5) is 0 Å². The lowest BCUT2D eigenvalue weighted by Gasteiger charge is -2.14. The van der Waals surface area contributed by atoms with Gasteiger partial charge in [0.25, 0.3) is 0 Å². The van der Waals surface area contributed by atoms with Crippen LogP contribution in [0.2, 0.25) is 0 Å². The third-order valence-electron chi connectivity index (χ3n) is 2.88. The molecule has 0 bridgehead atoms. The summed E-state index contributed by atoms with van der Waals surface area (Å²) in [5.41, 5.74) is 1.99. The van der Waals surface area contributed by atoms with Crippen molar-refractivity contribution >= 4 is 0 Å². The van der Waals surface area contributed by atoms with Gasteiger partial charge in [-0.25, -0.2) is 0 Å². The molecule has 0 fully saturated rings. The van der Waals surface area contributed by atoms with Crippen molar-refractivity contribution in [1.82, 2.24) is 10.3 Å². The fraction of sp³-hybridized carbons (Fsp3) is 0.250. The molecule has 0 amide bonds. The van der Waals surface area contributed by atoms with E-state index in [9.17, 15) is 5.11 Å². The summed E-state index contributed by atoms with van der Waals surface area (Å²) in [5, 5.41) is 12.9. The van der Waals surface area contributed by atoms with E-state index >= 15 is 0 Å². The molecule has 0 spiro atoms. The molecule has 0 saturated carbocycles. The van der Waals surface area contributed by atoms with Crippen LogP contribution in [0.1, 0.15) is 0 Å². The molecular formula is C16H20N2O2. The Morgan fingerprint density at radius 3 is 2.90 bits per heavy atom. The van der Waals surface area contributed by atoms with Crippen LogP contribution >= 0.6 is 0 Å². The van der Waals surface area contributed by atoms with Gasteiger partial charge in [0.2, 0.25) is 0 Å². The molecule has 0 aliphatic carbocycles. The van der Waals surface area contributed by atoms with Crippen molar-refractivity contribution in [3.63, 3.8) is 0 Å². The summed E-state index contributed by atoms with van der Waals surface area (Å²) in [6.07, 6.45) is 3.08. The van der Waals surface area contributed by atoms with Crippen molar-refractivity contribution in [1.29, 1.82) is 0 Å². The minimum Gasteiger partial charge on any atom is -0.490 e. The van der Waals surface area contributed by atoms with Gasteiger partial charge in [0.1, 0.15) is 18.5 Å². The van der Waals surface area contributed by atoms with Crippen LogP contribution in [0.5, 0.6) is 5.75 Å². The molecule has 4 heteroatoms. The van der Waals surface area contributed by atoms with E-state index in [1.165, 1.54) is 0 Å². The van der Waals surface area contributed by atoms with E-state index in [1.807, 2.05) is 42.6 Å². The fourth-order valence-corrected chi connectivity index (χ4v) is 1.91. The molecule has 0 aliphatic heterocycles. The third-order valence-corrected chi connectivity index (χ3v) is 2.88. The molecule has 1 atom stereocenters. The van der Waals surface area contributed by atoms with Crippen LogP contribution in [-0.2, 0) is 0 Å². The van der Waals surface area contributed by atoms with Crippen LogP contribution in [0.3, 0.4) is 0 Å². The van der Waals surface area contributed by atoms with Crippen LogP contribution < -0.4 is 10.1 Å². The van der Waals surface area contributed by atoms with Crippen LogP contribution in [0.15, 0.2) is 55.3 Å². The van der Waals surface area contributed by atoms with E-state index in [-0.39, 0.29) is 6.61 Å². The SMILES string of the molecule is C=CCNCC(O)COc1ccccc1-c1ccc[nH]1. The number of aromatic nitrogens is 1. The van der Waals surface area contributed by atoms with Gasteiger partial charge >= 0.3 is 0 Å². The molecule has 2 rings (SSSR count). The van der Waals surface area contributed by atoms with Gasteiger partial charge in [-0.3, -0.25) is 0 Å². The number of ether oxygens (including phenoxy) is 1. The Bertz CT molecular complexity index is 523. The number of benzene rings is 1. The lowest BCUT2D eigenvalue weighted by molar-refractivity contribution is 0.107. The Morgan fingerprint density at radius 1 is 1.30 bits per heavy atom. The number of hydrogen-bond acceptors (Lipinski definition) is 3. The van der Waals surface area contributed by atoms with Crippen LogP contribution in [0, 0.1) is 0 Å². The Morgan fingerprint density at radius 2 is 2.15 bits per heavy atom. The average molecular weight is 272 g/mol. The zero-order chi connectivity index (χ0) is 14.2. The van der Waals surface area contributed by atoms with Crippen molar-refractivity contribution in [2.24, 2.45) is 0 Å². The molecule has 3 N–H and O–H groups in total. The second kappa shape index (κ2) is 7.53. The topological polar surface area (TPSA) is 57.3 Å². The van der Waals surface area contributed by atoms with Crippen molar-refractivity contribution < 1.29 is 9.84 Å². The van der Waals surface area contributed by atoms with Gasteiger partial charge in [-0.1, -0.05) is 18.2 Å². The van der Waals surface area contributed by atoms with Gasteiger partial charge in [-0.05, 0) is 24.3 Å². The number of para-hydroxylation sites is 1. The van der Waals surface area contributed by atoms with Crippen molar-refractivity contribution in [2.45, 2.75) is 6.10 Å². The zero-order valence-electron chi connectivity index (χ0n) is 11.4. The van der Waals surface area contributed by atoms with Gasteiger partial charge in [0.15, 0.2) is 0 Å². The fourth-order valence-electron chi connectivity index (χ4n) is 1.91. The lowest BCUT2D eigenvalue weighted by Crippen LogP contribution is -2.31. The molecule has 1 aromatic heterocycles. The highest BCUT2D eigenvalue weighted by Gasteiger charge is 2.09. The van der Waals surface area contributed by atoms with Crippen molar-refractivity contribution in [3.05, 3.63) is 55.3 Å². The maximum atomic E-state index is 9.83. The predicted octanol–water partition coefficient (Wildman–Crippen LogP) is 2.20. The summed E-state index contributed by atoms with van der Waals surface area (Å²) in [7, 11) is 0. The normalized spacial score (nSPS) is 12.1. The second-order valence-electron chi connectivity index (χ2n) is 4.49. The largest absolute Gasteiger partial charge is 0.490 e. The first-order chi connectivity index (χ1) is 9.81. The number of hydrogen-bond donors (Lipinski definition) is 3. The van der Waals surface area contributed by atoms with Gasteiger partial charge < -0.3 is 20.1 Å². The number of aliphatic hydroxyl groups is 1. The Hall–Kier alpha value is -2.04. The summed E-state index contributed by atoms with van der Waals surface area (Å²) in [5.74, 6) is 0.762. The number of aliphatic hydroxyl groups excluding tert-OH is 1. The molecule has 2 aromatic rings. The number of H-pyrrole nitrogens is 1. The number of nitrogens with one attached hydrogen (secondary N) is 2. The molecule has 1 unspecified atom stereocenters. The second-order valence-corrected chi connectivity index (χ2v) is 4.49. The van der Waals surface area contributed by atoms with Crippen molar-refractivity contribution in [2.75, 3.05) is 19.7 Å². The van der Waals surface area contributed by atoms with E-state index in [0.29, 0.717) is 13.1 Å². The first-order valence-electron chi connectivity index (χ1n) is 6.66. The van der Waals surface area contributed by atoms with Crippen molar-refractivity contribution in [3.8, 4) is 17.0 Å². The molecular weight excluding hydrogens is 252 g/mol. The molecule has 1 aromatic carbocycles. The predicted molar refractivity (Wildman–Crippen MR) is 80.8 cm³/mol. The monoisotopic (exact) mass is 272 g/mol. The molecule has 4 nitrogen and oxygen atoms in total. The first-order valence-corrected chi connectivity index (χ1v) is 6.66. The quantitative estimate of drug-likeness (QED) is 0.510. The van der Waals surface area contributed by atoms with E-state index < -0.39 is 6.10 Å². The lowest BCUT2D eigenvalue weighted by atomic mass is 10.1. The van der Waals surface area contributed by atoms with E-state index in [1.54, 1.807) is 6.08 Å². The molecule has 0 radical (unpaired) electrons. The van der Waals surface area contributed by atoms with E-state index in [0.717, 1.165) is 17.0 Å². The van der Waals surface area contributed by atoms with Gasteiger partial charge in [0, 0.05) is 30.5 Å². The summed E-state index contributed by atoms with van der Waals surface area (Å²) in [6.45, 7) is 5.02. The average Bonchev–Trinajstić information content (AvgIpc) is 3.00. The van der Waals surface area contributed by atoms with Crippen LogP contribution in [0.25, 0.3) is 11.3 Å². The maximum absolute atomic E-state index is 9.83. The maximum Gasteiger partial charge on any atom is 0.128 e. The Labute approximate surface area is 119 Å². The highest BCUT2D eigenvalue weighted by atomic mass is 16.5. The Kier molecular flexibility index (Phi) is 5.41. The van der Waals surface area contributed by atoms with Gasteiger partial charge in [-0.2, -0.15) is 0 Å².